The number of hydrogen-bond acceptors (Lipinski definition) is 3. The third kappa shape index (κ3) is 6.00. The van der Waals surface area contributed by atoms with Crippen molar-refractivity contribution in [2.24, 2.45) is 0 Å². The van der Waals surface area contributed by atoms with Crippen LogP contribution in [0.3, 0.4) is 0 Å². The summed E-state index contributed by atoms with van der Waals surface area (Å²) in [6.07, 6.45) is 3.19. The van der Waals surface area contributed by atoms with Crippen molar-refractivity contribution in [2.45, 2.75) is 37.2 Å². The monoisotopic (exact) mass is 463 g/mol. The van der Waals surface area contributed by atoms with Gasteiger partial charge in [0.2, 0.25) is 10.0 Å². The first kappa shape index (κ1) is 23.0. The molecule has 0 atom stereocenters. The van der Waals surface area contributed by atoms with E-state index in [0.29, 0.717) is 5.69 Å². The van der Waals surface area contributed by atoms with Crippen LogP contribution in [-0.2, 0) is 23.1 Å². The van der Waals surface area contributed by atoms with E-state index >= 15 is 0 Å². The van der Waals surface area contributed by atoms with Gasteiger partial charge in [-0.15, -0.1) is 0 Å². The zero-order valence-electron chi connectivity index (χ0n) is 18.6. The molecule has 0 unspecified atom stereocenters. The maximum absolute atomic E-state index is 13.6. The maximum Gasteiger partial charge on any atom is 0.321 e. The number of carbonyl (C=O) groups excluding carboxylic acids is 1. The van der Waals surface area contributed by atoms with Crippen molar-refractivity contribution in [1.29, 1.82) is 0 Å². The molecular formula is C26H29N3O3S. The molecule has 4 rings (SSSR count). The van der Waals surface area contributed by atoms with E-state index in [0.717, 1.165) is 43.5 Å². The van der Waals surface area contributed by atoms with Crippen LogP contribution >= 0.6 is 0 Å². The highest BCUT2D eigenvalue weighted by molar-refractivity contribution is 7.89. The maximum atomic E-state index is 13.6. The fourth-order valence-electron chi connectivity index (χ4n) is 3.96. The number of carbonyl (C=O) groups is 1. The first-order chi connectivity index (χ1) is 16.0. The molecule has 1 aliphatic heterocycles. The van der Waals surface area contributed by atoms with Gasteiger partial charge in [0, 0.05) is 31.9 Å². The zero-order chi connectivity index (χ0) is 23.1. The first-order valence-electron chi connectivity index (χ1n) is 11.3. The van der Waals surface area contributed by atoms with Crippen LogP contribution in [0.4, 0.5) is 10.5 Å². The largest absolute Gasteiger partial charge is 0.325 e. The van der Waals surface area contributed by atoms with Crippen LogP contribution in [0.1, 0.15) is 30.4 Å². The highest BCUT2D eigenvalue weighted by Crippen LogP contribution is 2.23. The van der Waals surface area contributed by atoms with E-state index in [1.807, 2.05) is 60.7 Å². The molecule has 1 fully saturated rings. The predicted octanol–water partition coefficient (Wildman–Crippen LogP) is 5.10. The second-order valence-corrected chi connectivity index (χ2v) is 10.2. The van der Waals surface area contributed by atoms with E-state index < -0.39 is 10.0 Å². The summed E-state index contributed by atoms with van der Waals surface area (Å²) in [7, 11) is -3.75. The Balaban J connectivity index is 1.53. The van der Waals surface area contributed by atoms with Crippen LogP contribution < -0.4 is 5.32 Å². The van der Waals surface area contributed by atoms with Crippen LogP contribution in [0.15, 0.2) is 89.8 Å². The number of rotatable bonds is 7. The van der Waals surface area contributed by atoms with Crippen LogP contribution in [0.5, 0.6) is 0 Å². The lowest BCUT2D eigenvalue weighted by Crippen LogP contribution is -2.38. The Labute approximate surface area is 195 Å². The molecule has 1 heterocycles. The van der Waals surface area contributed by atoms with Crippen molar-refractivity contribution < 1.29 is 13.2 Å². The number of nitrogens with zero attached hydrogens (tertiary/aromatic N) is 2. The Kier molecular flexibility index (Phi) is 7.42. The third-order valence-corrected chi connectivity index (χ3v) is 7.60. The molecule has 0 aliphatic carbocycles. The van der Waals surface area contributed by atoms with Gasteiger partial charge in [-0.25, -0.2) is 13.2 Å². The van der Waals surface area contributed by atoms with E-state index in [4.69, 9.17) is 0 Å². The molecule has 3 aromatic carbocycles. The number of nitrogens with one attached hydrogen (secondary N) is 1. The number of amides is 2. The Morgan fingerprint density at radius 1 is 0.758 bits per heavy atom. The molecule has 33 heavy (non-hydrogen) atoms. The topological polar surface area (TPSA) is 69.7 Å². The van der Waals surface area contributed by atoms with Gasteiger partial charge in [0.1, 0.15) is 0 Å². The van der Waals surface area contributed by atoms with Crippen molar-refractivity contribution in [1.82, 2.24) is 9.21 Å². The van der Waals surface area contributed by atoms with Crippen molar-refractivity contribution >= 4 is 21.7 Å². The molecule has 3 aromatic rings. The van der Waals surface area contributed by atoms with Gasteiger partial charge < -0.3 is 10.2 Å². The second kappa shape index (κ2) is 10.6. The average Bonchev–Trinajstić information content (AvgIpc) is 2.86. The summed E-state index contributed by atoms with van der Waals surface area (Å²) < 4.78 is 28.6. The molecule has 0 spiro atoms. The molecule has 0 bridgehead atoms. The Bertz CT molecular complexity index is 1100. The molecule has 7 heteroatoms. The fraction of sp³-hybridized carbons (Fsp3) is 0.269. The standard InChI is InChI=1S/C26H29N3O3S/c30-26(28-18-8-3-9-19-28)27-24-14-16-25(17-15-24)33(31,32)29(20-22-10-4-1-5-11-22)21-23-12-6-2-7-13-23/h1-2,4-7,10-17H,3,8-9,18-21H2,(H,27,30). The SMILES string of the molecule is O=C(Nc1ccc(S(=O)(=O)N(Cc2ccccc2)Cc2ccccc2)cc1)N1CCCCC1. The summed E-state index contributed by atoms with van der Waals surface area (Å²) in [5.74, 6) is 0. The van der Waals surface area contributed by atoms with Gasteiger partial charge in [-0.2, -0.15) is 4.31 Å². The number of hydrogen-bond donors (Lipinski definition) is 1. The van der Waals surface area contributed by atoms with Crippen LogP contribution in [0.25, 0.3) is 0 Å². The van der Waals surface area contributed by atoms with E-state index in [2.05, 4.69) is 5.32 Å². The van der Waals surface area contributed by atoms with Crippen molar-refractivity contribution in [3.8, 4) is 0 Å². The first-order valence-corrected chi connectivity index (χ1v) is 12.7. The Morgan fingerprint density at radius 3 is 1.79 bits per heavy atom. The normalized spacial score (nSPS) is 14.3. The summed E-state index contributed by atoms with van der Waals surface area (Å²) in [5, 5.41) is 2.88. The summed E-state index contributed by atoms with van der Waals surface area (Å²) in [4.78, 5) is 14.5. The minimum absolute atomic E-state index is 0.139. The van der Waals surface area contributed by atoms with Gasteiger partial charge in [0.05, 0.1) is 4.90 Å². The van der Waals surface area contributed by atoms with Gasteiger partial charge in [0.15, 0.2) is 0 Å². The number of piperidine rings is 1. The number of sulfonamides is 1. The van der Waals surface area contributed by atoms with E-state index in [1.54, 1.807) is 29.2 Å². The summed E-state index contributed by atoms with van der Waals surface area (Å²) in [6, 6.07) is 25.4. The van der Waals surface area contributed by atoms with Gasteiger partial charge in [-0.1, -0.05) is 60.7 Å². The van der Waals surface area contributed by atoms with E-state index in [1.165, 1.54) is 4.31 Å². The van der Waals surface area contributed by atoms with Gasteiger partial charge in [0.25, 0.3) is 0 Å². The molecule has 1 N–H and O–H groups in total. The summed E-state index contributed by atoms with van der Waals surface area (Å²) in [6.45, 7) is 2.05. The van der Waals surface area contributed by atoms with Gasteiger partial charge in [-0.3, -0.25) is 0 Å². The van der Waals surface area contributed by atoms with E-state index in [-0.39, 0.29) is 24.0 Å². The summed E-state index contributed by atoms with van der Waals surface area (Å²) in [5.41, 5.74) is 2.42. The quantitative estimate of drug-likeness (QED) is 0.530. The Hall–Kier alpha value is -3.16. The lowest BCUT2D eigenvalue weighted by Gasteiger charge is -2.27. The molecule has 0 saturated carbocycles. The molecule has 1 aliphatic rings. The van der Waals surface area contributed by atoms with Crippen molar-refractivity contribution in [2.75, 3.05) is 18.4 Å². The molecule has 6 nitrogen and oxygen atoms in total. The molecule has 0 radical (unpaired) electrons. The van der Waals surface area contributed by atoms with Gasteiger partial charge in [-0.05, 0) is 54.7 Å². The predicted molar refractivity (Wildman–Crippen MR) is 130 cm³/mol. The third-order valence-electron chi connectivity index (χ3n) is 5.79. The van der Waals surface area contributed by atoms with Crippen LogP contribution in [0, 0.1) is 0 Å². The zero-order valence-corrected chi connectivity index (χ0v) is 19.4. The minimum atomic E-state index is -3.75. The van der Waals surface area contributed by atoms with Crippen molar-refractivity contribution in [3.63, 3.8) is 0 Å². The summed E-state index contributed by atoms with van der Waals surface area (Å²) >= 11 is 0. The van der Waals surface area contributed by atoms with Crippen LogP contribution in [-0.4, -0.2) is 36.7 Å². The highest BCUT2D eigenvalue weighted by atomic mass is 32.2. The lowest BCUT2D eigenvalue weighted by molar-refractivity contribution is 0.200. The lowest BCUT2D eigenvalue weighted by atomic mass is 10.1. The fourth-order valence-corrected chi connectivity index (χ4v) is 5.38. The van der Waals surface area contributed by atoms with Crippen LogP contribution in [0.2, 0.25) is 0 Å². The molecule has 172 valence electrons. The molecule has 2 amide bonds. The number of benzene rings is 3. The number of anilines is 1. The van der Waals surface area contributed by atoms with Gasteiger partial charge >= 0.3 is 6.03 Å². The number of likely N-dealkylation sites (tertiary alicyclic amines) is 1. The smallest absolute Gasteiger partial charge is 0.321 e. The molecule has 1 saturated heterocycles. The molecule has 0 aromatic heterocycles. The Morgan fingerprint density at radius 2 is 1.27 bits per heavy atom. The van der Waals surface area contributed by atoms with E-state index in [9.17, 15) is 13.2 Å². The molecular weight excluding hydrogens is 434 g/mol. The van der Waals surface area contributed by atoms with Crippen molar-refractivity contribution in [3.05, 3.63) is 96.1 Å². The highest BCUT2D eigenvalue weighted by Gasteiger charge is 2.25. The number of urea groups is 1. The average molecular weight is 464 g/mol. The minimum Gasteiger partial charge on any atom is -0.325 e. The second-order valence-electron chi connectivity index (χ2n) is 8.25.